The summed E-state index contributed by atoms with van der Waals surface area (Å²) in [5, 5.41) is 15.2. The molecule has 32 heavy (non-hydrogen) atoms. The Morgan fingerprint density at radius 2 is 1.34 bits per heavy atom. The largest absolute Gasteiger partial charge is 0.395 e. The lowest BCUT2D eigenvalue weighted by Crippen LogP contribution is -2.39. The molecular weight excluding hydrogens is 467 g/mol. The summed E-state index contributed by atoms with van der Waals surface area (Å²) in [6.07, 6.45) is 0.646. The average Bonchev–Trinajstić information content (AvgIpc) is 3.19. The van der Waals surface area contributed by atoms with Crippen LogP contribution in [0.15, 0.2) is 72.8 Å². The van der Waals surface area contributed by atoms with Gasteiger partial charge in [0.25, 0.3) is 5.91 Å². The number of nitrogens with one attached hydrogen (secondary N) is 1. The second kappa shape index (κ2) is 10.2. The summed E-state index contributed by atoms with van der Waals surface area (Å²) in [4.78, 5) is 15.0. The molecule has 0 aromatic heterocycles. The molecule has 2 unspecified atom stereocenters. The van der Waals surface area contributed by atoms with E-state index in [2.05, 4.69) is 10.2 Å². The third-order valence-corrected chi connectivity index (χ3v) is 6.57. The van der Waals surface area contributed by atoms with E-state index in [1.54, 1.807) is 24.3 Å². The number of hydrogen-bond donors (Lipinski definition) is 2. The minimum atomic E-state index is -0.153. The lowest BCUT2D eigenvalue weighted by Gasteiger charge is -2.33. The highest BCUT2D eigenvalue weighted by molar-refractivity contribution is 6.31. The Balaban J connectivity index is 1.60. The molecule has 7 heteroatoms. The summed E-state index contributed by atoms with van der Waals surface area (Å²) in [5.41, 5.74) is 2.67. The molecule has 0 saturated carbocycles. The van der Waals surface area contributed by atoms with Crippen molar-refractivity contribution in [3.05, 3.63) is 105 Å². The highest BCUT2D eigenvalue weighted by Gasteiger charge is 2.38. The van der Waals surface area contributed by atoms with E-state index in [1.165, 1.54) is 0 Å². The van der Waals surface area contributed by atoms with Crippen LogP contribution < -0.4 is 5.32 Å². The Labute approximate surface area is 202 Å². The Kier molecular flexibility index (Phi) is 7.39. The van der Waals surface area contributed by atoms with Crippen molar-refractivity contribution in [3.63, 3.8) is 0 Å². The van der Waals surface area contributed by atoms with Crippen molar-refractivity contribution in [2.75, 3.05) is 13.2 Å². The van der Waals surface area contributed by atoms with Gasteiger partial charge in [-0.3, -0.25) is 9.69 Å². The maximum Gasteiger partial charge on any atom is 0.251 e. The zero-order valence-corrected chi connectivity index (χ0v) is 19.5. The Morgan fingerprint density at radius 1 is 0.875 bits per heavy atom. The van der Waals surface area contributed by atoms with Crippen LogP contribution in [-0.4, -0.2) is 41.1 Å². The zero-order chi connectivity index (χ0) is 22.7. The maximum absolute atomic E-state index is 12.7. The standard InChI is InChI=1S/C25H23Cl3N2O2/c26-19-7-1-16(2-8-19)24(17-3-9-20(27)10-4-17)30-14-22(13-23(30)15-31)29-25(32)18-5-11-21(28)12-6-18/h1-12,22-24,31H,13-15H2,(H,29,32). The van der Waals surface area contributed by atoms with Crippen molar-refractivity contribution in [3.8, 4) is 0 Å². The molecule has 3 aromatic carbocycles. The fourth-order valence-corrected chi connectivity index (χ4v) is 4.66. The number of hydrogen-bond acceptors (Lipinski definition) is 3. The molecule has 4 rings (SSSR count). The monoisotopic (exact) mass is 488 g/mol. The van der Waals surface area contributed by atoms with Gasteiger partial charge in [0.05, 0.1) is 12.6 Å². The topological polar surface area (TPSA) is 52.6 Å². The van der Waals surface area contributed by atoms with Crippen LogP contribution in [0, 0.1) is 0 Å². The second-order valence-electron chi connectivity index (χ2n) is 7.95. The van der Waals surface area contributed by atoms with Crippen LogP contribution in [0.2, 0.25) is 15.1 Å². The number of amides is 1. The zero-order valence-electron chi connectivity index (χ0n) is 17.2. The number of carbonyl (C=O) groups excluding carboxylic acids is 1. The first kappa shape index (κ1) is 23.1. The first-order valence-electron chi connectivity index (χ1n) is 10.4. The number of carbonyl (C=O) groups is 1. The smallest absolute Gasteiger partial charge is 0.251 e. The van der Waals surface area contributed by atoms with Crippen LogP contribution in [0.3, 0.4) is 0 Å². The molecule has 4 nitrogen and oxygen atoms in total. The number of likely N-dealkylation sites (tertiary alicyclic amines) is 1. The summed E-state index contributed by atoms with van der Waals surface area (Å²) >= 11 is 18.2. The fraction of sp³-hybridized carbons (Fsp3) is 0.240. The molecule has 2 N–H and O–H groups in total. The number of rotatable bonds is 6. The van der Waals surface area contributed by atoms with Crippen LogP contribution in [0.5, 0.6) is 0 Å². The van der Waals surface area contributed by atoms with E-state index < -0.39 is 0 Å². The summed E-state index contributed by atoms with van der Waals surface area (Å²) in [6.45, 7) is 0.589. The van der Waals surface area contributed by atoms with Crippen molar-refractivity contribution in [1.29, 1.82) is 0 Å². The van der Waals surface area contributed by atoms with E-state index in [4.69, 9.17) is 34.8 Å². The second-order valence-corrected chi connectivity index (χ2v) is 9.26. The number of halogens is 3. The summed E-state index contributed by atoms with van der Waals surface area (Å²) in [7, 11) is 0. The predicted molar refractivity (Wildman–Crippen MR) is 130 cm³/mol. The maximum atomic E-state index is 12.7. The third kappa shape index (κ3) is 5.28. The van der Waals surface area contributed by atoms with E-state index in [9.17, 15) is 9.90 Å². The van der Waals surface area contributed by atoms with Gasteiger partial charge in [-0.15, -0.1) is 0 Å². The highest BCUT2D eigenvalue weighted by atomic mass is 35.5. The summed E-state index contributed by atoms with van der Waals surface area (Å²) in [6, 6.07) is 21.9. The van der Waals surface area contributed by atoms with Gasteiger partial charge >= 0.3 is 0 Å². The van der Waals surface area contributed by atoms with Crippen LogP contribution in [-0.2, 0) is 0 Å². The molecule has 0 bridgehead atoms. The van der Waals surface area contributed by atoms with E-state index >= 15 is 0 Å². The quantitative estimate of drug-likeness (QED) is 0.474. The Hall–Kier alpha value is -2.08. The van der Waals surface area contributed by atoms with Gasteiger partial charge in [0, 0.05) is 39.3 Å². The van der Waals surface area contributed by atoms with Crippen LogP contribution in [0.4, 0.5) is 0 Å². The predicted octanol–water partition coefficient (Wildman–Crippen LogP) is 5.60. The number of aliphatic hydroxyl groups is 1. The molecule has 1 aliphatic rings. The summed E-state index contributed by atoms with van der Waals surface area (Å²) < 4.78 is 0. The number of nitrogens with zero attached hydrogens (tertiary/aromatic N) is 1. The van der Waals surface area contributed by atoms with Gasteiger partial charge in [0.1, 0.15) is 0 Å². The van der Waals surface area contributed by atoms with Crippen LogP contribution >= 0.6 is 34.8 Å². The van der Waals surface area contributed by atoms with Crippen LogP contribution in [0.25, 0.3) is 0 Å². The molecule has 1 amide bonds. The molecule has 1 heterocycles. The number of benzene rings is 3. The molecule has 1 saturated heterocycles. The van der Waals surface area contributed by atoms with E-state index in [1.807, 2.05) is 48.5 Å². The van der Waals surface area contributed by atoms with Gasteiger partial charge in [0.15, 0.2) is 0 Å². The molecule has 1 fully saturated rings. The average molecular weight is 490 g/mol. The van der Waals surface area contributed by atoms with Crippen molar-refractivity contribution in [2.24, 2.45) is 0 Å². The Morgan fingerprint density at radius 3 is 1.81 bits per heavy atom. The van der Waals surface area contributed by atoms with Gasteiger partial charge in [-0.25, -0.2) is 0 Å². The van der Waals surface area contributed by atoms with E-state index in [0.717, 1.165) is 11.1 Å². The van der Waals surface area contributed by atoms with E-state index in [0.29, 0.717) is 33.6 Å². The highest BCUT2D eigenvalue weighted by Crippen LogP contribution is 2.36. The van der Waals surface area contributed by atoms with Crippen molar-refractivity contribution < 1.29 is 9.90 Å². The molecule has 0 aliphatic carbocycles. The normalized spacial score (nSPS) is 18.8. The first-order chi connectivity index (χ1) is 15.4. The van der Waals surface area contributed by atoms with Gasteiger partial charge in [-0.1, -0.05) is 59.1 Å². The lowest BCUT2D eigenvalue weighted by atomic mass is 9.96. The van der Waals surface area contributed by atoms with Gasteiger partial charge < -0.3 is 10.4 Å². The van der Waals surface area contributed by atoms with E-state index in [-0.39, 0.29) is 30.6 Å². The Bertz CT molecular complexity index is 1010. The SMILES string of the molecule is O=C(NC1CC(CO)N(C(c2ccc(Cl)cc2)c2ccc(Cl)cc2)C1)c1ccc(Cl)cc1. The molecule has 0 radical (unpaired) electrons. The molecule has 3 aromatic rings. The van der Waals surface area contributed by atoms with Crippen molar-refractivity contribution in [2.45, 2.75) is 24.5 Å². The number of aliphatic hydroxyl groups excluding tert-OH is 1. The molecule has 2 atom stereocenters. The molecule has 166 valence electrons. The van der Waals surface area contributed by atoms with Gasteiger partial charge in [0.2, 0.25) is 0 Å². The van der Waals surface area contributed by atoms with Crippen molar-refractivity contribution >= 4 is 40.7 Å². The minimum absolute atomic E-state index is 0.00893. The van der Waals surface area contributed by atoms with Gasteiger partial charge in [-0.05, 0) is 66.1 Å². The minimum Gasteiger partial charge on any atom is -0.395 e. The van der Waals surface area contributed by atoms with Crippen molar-refractivity contribution in [1.82, 2.24) is 10.2 Å². The molecule has 0 spiro atoms. The molecular formula is C25H23Cl3N2O2. The molecule has 1 aliphatic heterocycles. The fourth-order valence-electron chi connectivity index (χ4n) is 4.28. The summed E-state index contributed by atoms with van der Waals surface area (Å²) in [5.74, 6) is -0.153. The van der Waals surface area contributed by atoms with Gasteiger partial charge in [-0.2, -0.15) is 0 Å². The third-order valence-electron chi connectivity index (χ3n) is 5.81. The lowest BCUT2D eigenvalue weighted by molar-refractivity contribution is 0.0936. The van der Waals surface area contributed by atoms with Crippen LogP contribution in [0.1, 0.15) is 33.9 Å². The first-order valence-corrected chi connectivity index (χ1v) is 11.5.